The lowest BCUT2D eigenvalue weighted by Gasteiger charge is -2.04. The summed E-state index contributed by atoms with van der Waals surface area (Å²) >= 11 is 0. The second-order valence-corrected chi connectivity index (χ2v) is 6.13. The van der Waals surface area contributed by atoms with Crippen molar-refractivity contribution < 1.29 is 4.39 Å². The number of hydrogen-bond acceptors (Lipinski definition) is 5. The van der Waals surface area contributed by atoms with Crippen molar-refractivity contribution in [3.8, 4) is 11.4 Å². The van der Waals surface area contributed by atoms with Crippen LogP contribution in [-0.2, 0) is 6.54 Å². The van der Waals surface area contributed by atoms with Crippen molar-refractivity contribution in [1.29, 1.82) is 0 Å². The van der Waals surface area contributed by atoms with E-state index in [2.05, 4.69) is 20.4 Å². The van der Waals surface area contributed by atoms with Gasteiger partial charge in [-0.3, -0.25) is 9.20 Å². The summed E-state index contributed by atoms with van der Waals surface area (Å²) in [5, 5.41) is 12.3. The van der Waals surface area contributed by atoms with Crippen LogP contribution in [0.15, 0.2) is 47.4 Å². The van der Waals surface area contributed by atoms with Crippen molar-refractivity contribution in [2.75, 3.05) is 0 Å². The summed E-state index contributed by atoms with van der Waals surface area (Å²) < 4.78 is 14.9. The molecule has 0 saturated heterocycles. The first-order chi connectivity index (χ1) is 12.5. The first-order valence-electron chi connectivity index (χ1n) is 8.03. The molecule has 4 aromatic rings. The Hall–Kier alpha value is -3.42. The van der Waals surface area contributed by atoms with Crippen LogP contribution in [-0.4, -0.2) is 29.6 Å². The van der Waals surface area contributed by atoms with E-state index in [1.165, 1.54) is 21.3 Å². The van der Waals surface area contributed by atoms with Crippen LogP contribution < -0.4 is 5.56 Å². The molecule has 0 radical (unpaired) electrons. The van der Waals surface area contributed by atoms with Crippen LogP contribution in [0, 0.1) is 19.7 Å². The third kappa shape index (κ3) is 2.97. The summed E-state index contributed by atoms with van der Waals surface area (Å²) in [6, 6.07) is 9.79. The third-order valence-electron chi connectivity index (χ3n) is 4.03. The van der Waals surface area contributed by atoms with Crippen LogP contribution in [0.3, 0.4) is 0 Å². The first kappa shape index (κ1) is 16.1. The molecule has 0 aliphatic rings. The van der Waals surface area contributed by atoms with Crippen molar-refractivity contribution in [3.63, 3.8) is 0 Å². The third-order valence-corrected chi connectivity index (χ3v) is 4.03. The number of tetrazole rings is 1. The largest absolute Gasteiger partial charge is 0.269 e. The molecule has 3 aromatic heterocycles. The molecule has 130 valence electrons. The topological polar surface area (TPSA) is 78.0 Å². The highest BCUT2D eigenvalue weighted by atomic mass is 19.1. The highest BCUT2D eigenvalue weighted by Gasteiger charge is 2.10. The SMILES string of the molecule is Cc1ccc2nc(Cn3nnc(-c4ccc(F)c(C)c4)n3)cc(=O)n2c1. The van der Waals surface area contributed by atoms with Crippen molar-refractivity contribution in [3.05, 3.63) is 75.6 Å². The normalized spacial score (nSPS) is 11.2. The van der Waals surface area contributed by atoms with E-state index >= 15 is 0 Å². The van der Waals surface area contributed by atoms with Gasteiger partial charge in [-0.1, -0.05) is 6.07 Å². The molecule has 0 N–H and O–H groups in total. The number of benzene rings is 1. The summed E-state index contributed by atoms with van der Waals surface area (Å²) in [6.45, 7) is 3.81. The van der Waals surface area contributed by atoms with Gasteiger partial charge in [-0.25, -0.2) is 9.37 Å². The molecule has 0 aliphatic heterocycles. The van der Waals surface area contributed by atoms with Gasteiger partial charge in [-0.15, -0.1) is 10.2 Å². The number of hydrogen-bond donors (Lipinski definition) is 0. The Labute approximate surface area is 147 Å². The fourth-order valence-electron chi connectivity index (χ4n) is 2.69. The highest BCUT2D eigenvalue weighted by Crippen LogP contribution is 2.17. The molecular weight excluding hydrogens is 335 g/mol. The predicted molar refractivity (Wildman–Crippen MR) is 93.2 cm³/mol. The predicted octanol–water partition coefficient (Wildman–Crippen LogP) is 2.15. The maximum atomic E-state index is 13.4. The average molecular weight is 350 g/mol. The van der Waals surface area contributed by atoms with E-state index < -0.39 is 0 Å². The number of pyridine rings is 1. The van der Waals surface area contributed by atoms with E-state index in [-0.39, 0.29) is 17.9 Å². The van der Waals surface area contributed by atoms with Crippen LogP contribution >= 0.6 is 0 Å². The van der Waals surface area contributed by atoms with E-state index in [0.29, 0.717) is 28.3 Å². The molecule has 26 heavy (non-hydrogen) atoms. The molecule has 0 saturated carbocycles. The zero-order valence-corrected chi connectivity index (χ0v) is 14.2. The molecule has 8 heteroatoms. The van der Waals surface area contributed by atoms with Crippen molar-refractivity contribution in [2.24, 2.45) is 0 Å². The number of fused-ring (bicyclic) bond motifs is 1. The second kappa shape index (κ2) is 6.14. The number of rotatable bonds is 3. The summed E-state index contributed by atoms with van der Waals surface area (Å²) in [6.07, 6.45) is 1.75. The van der Waals surface area contributed by atoms with Gasteiger partial charge in [0.15, 0.2) is 0 Å². The lowest BCUT2D eigenvalue weighted by molar-refractivity contribution is 0.564. The highest BCUT2D eigenvalue weighted by molar-refractivity contribution is 5.55. The molecule has 0 spiro atoms. The molecule has 4 rings (SSSR count). The molecule has 0 bridgehead atoms. The minimum absolute atomic E-state index is 0.164. The number of aromatic nitrogens is 6. The average Bonchev–Trinajstić information content (AvgIpc) is 3.06. The second-order valence-electron chi connectivity index (χ2n) is 6.13. The van der Waals surface area contributed by atoms with E-state index in [0.717, 1.165) is 5.56 Å². The molecule has 3 heterocycles. The lowest BCUT2D eigenvalue weighted by Crippen LogP contribution is -2.17. The maximum Gasteiger partial charge on any atom is 0.258 e. The smallest absolute Gasteiger partial charge is 0.258 e. The van der Waals surface area contributed by atoms with Crippen molar-refractivity contribution in [1.82, 2.24) is 29.6 Å². The van der Waals surface area contributed by atoms with Gasteiger partial charge >= 0.3 is 0 Å². The van der Waals surface area contributed by atoms with E-state index in [4.69, 9.17) is 0 Å². The molecule has 0 amide bonds. The summed E-state index contributed by atoms with van der Waals surface area (Å²) in [5.41, 5.74) is 3.11. The Bertz CT molecular complexity index is 1180. The van der Waals surface area contributed by atoms with Crippen molar-refractivity contribution >= 4 is 5.65 Å². The quantitative estimate of drug-likeness (QED) is 0.566. The molecule has 0 atom stereocenters. The van der Waals surface area contributed by atoms with Gasteiger partial charge in [0.05, 0.1) is 5.69 Å². The Morgan fingerprint density at radius 2 is 1.96 bits per heavy atom. The van der Waals surface area contributed by atoms with Crippen LogP contribution in [0.2, 0.25) is 0 Å². The van der Waals surface area contributed by atoms with Gasteiger partial charge in [-0.2, -0.15) is 4.80 Å². The first-order valence-corrected chi connectivity index (χ1v) is 8.03. The Morgan fingerprint density at radius 1 is 1.12 bits per heavy atom. The van der Waals surface area contributed by atoms with E-state index in [1.54, 1.807) is 31.3 Å². The molecule has 1 aromatic carbocycles. The summed E-state index contributed by atoms with van der Waals surface area (Å²) in [4.78, 5) is 18.1. The zero-order valence-electron chi connectivity index (χ0n) is 14.2. The van der Waals surface area contributed by atoms with Crippen LogP contribution in [0.1, 0.15) is 16.8 Å². The van der Waals surface area contributed by atoms with Crippen LogP contribution in [0.5, 0.6) is 0 Å². The fraction of sp³-hybridized carbons (Fsp3) is 0.167. The Balaban J connectivity index is 1.65. The van der Waals surface area contributed by atoms with E-state index in [9.17, 15) is 9.18 Å². The van der Waals surface area contributed by atoms with Crippen LogP contribution in [0.25, 0.3) is 17.0 Å². The Kier molecular flexibility index (Phi) is 3.80. The Morgan fingerprint density at radius 3 is 2.77 bits per heavy atom. The van der Waals surface area contributed by atoms with Crippen molar-refractivity contribution in [2.45, 2.75) is 20.4 Å². The monoisotopic (exact) mass is 350 g/mol. The fourth-order valence-corrected chi connectivity index (χ4v) is 2.69. The molecule has 0 fully saturated rings. The number of aryl methyl sites for hydroxylation is 2. The number of halogens is 1. The zero-order chi connectivity index (χ0) is 18.3. The summed E-state index contributed by atoms with van der Waals surface area (Å²) in [7, 11) is 0. The van der Waals surface area contributed by atoms with E-state index in [1.807, 2.05) is 13.0 Å². The van der Waals surface area contributed by atoms with Gasteiger partial charge in [0.1, 0.15) is 18.0 Å². The van der Waals surface area contributed by atoms with Crippen LogP contribution in [0.4, 0.5) is 4.39 Å². The maximum absolute atomic E-state index is 13.4. The van der Waals surface area contributed by atoms with Gasteiger partial charge < -0.3 is 0 Å². The van der Waals surface area contributed by atoms with Gasteiger partial charge in [-0.05, 0) is 54.5 Å². The molecule has 7 nitrogen and oxygen atoms in total. The lowest BCUT2D eigenvalue weighted by atomic mass is 10.1. The minimum Gasteiger partial charge on any atom is -0.269 e. The van der Waals surface area contributed by atoms with Gasteiger partial charge in [0, 0.05) is 17.8 Å². The summed E-state index contributed by atoms with van der Waals surface area (Å²) in [5.74, 6) is 0.110. The van der Waals surface area contributed by atoms with Gasteiger partial charge in [0.25, 0.3) is 5.56 Å². The molecule has 0 aliphatic carbocycles. The standard InChI is InChI=1S/C18H15FN6O/c1-11-3-6-16-20-14(8-17(26)24(16)9-11)10-25-22-18(21-23-25)13-4-5-15(19)12(2)7-13/h3-9H,10H2,1-2H3. The van der Waals surface area contributed by atoms with Gasteiger partial charge in [0.2, 0.25) is 5.82 Å². The molecular formula is C18H15FN6O. The number of nitrogens with zero attached hydrogens (tertiary/aromatic N) is 6. The minimum atomic E-state index is -0.280. The molecule has 0 unspecified atom stereocenters.